The van der Waals surface area contributed by atoms with Gasteiger partial charge in [0.15, 0.2) is 12.4 Å². The largest absolute Gasteiger partial charge is 0.509 e. The fraction of sp³-hybridized carbons (Fsp3) is 0.769. The molecule has 4 atom stereocenters. The van der Waals surface area contributed by atoms with Crippen LogP contribution in [0.5, 0.6) is 0 Å². The van der Waals surface area contributed by atoms with E-state index in [9.17, 15) is 18.9 Å². The van der Waals surface area contributed by atoms with Gasteiger partial charge in [0.2, 0.25) is 5.91 Å². The second-order valence-electron chi connectivity index (χ2n) is 13.1. The lowest BCUT2D eigenvalue weighted by Gasteiger charge is -2.42. The normalized spacial score (nSPS) is 18.7. The van der Waals surface area contributed by atoms with E-state index in [-0.39, 0.29) is 51.7 Å². The zero-order valence-electron chi connectivity index (χ0n) is 32.1. The molecule has 0 bridgehead atoms. The number of carbonyl (C=O) groups excluding carboxylic acids is 3. The third-order valence-electron chi connectivity index (χ3n) is 8.49. The van der Waals surface area contributed by atoms with Crippen molar-refractivity contribution in [2.75, 3.05) is 33.0 Å². The maximum Gasteiger partial charge on any atom is 0.509 e. The SMILES string of the molecule is C=CCOC(=O)O[C@@H]1CO[C@H](OP(=O)(OCC=C)OCC=C)[C@H](NC(=O)CC(=O)CCCCCCCCCCC)C1OCCCCCCCCCC. The predicted molar refractivity (Wildman–Crippen MR) is 203 cm³/mol. The average molecular weight is 758 g/mol. The van der Waals surface area contributed by atoms with E-state index in [0.717, 1.165) is 38.5 Å². The minimum absolute atomic E-state index is 0.0758. The summed E-state index contributed by atoms with van der Waals surface area (Å²) in [7, 11) is -4.29. The minimum Gasteiger partial charge on any atom is -0.430 e. The standard InChI is InChI=1S/C39H68NO11P/c1-6-11-13-15-17-19-20-22-24-26-33(41)31-35(42)40-36-37(45-30-25-23-21-18-16-14-12-7-2)34(50-39(43)46-27-8-3)32-47-38(36)51-52(44,48-28-9-4)49-29-10-5/h8-10,34,36-38H,3-7,11-32H2,1-2H3,(H,40,42)/t34-,36-,37?,38-/m1/s1. The Hall–Kier alpha value is -2.34. The molecule has 13 heteroatoms. The number of Topliss-reactive ketones (excluding diaryl/α,β-unsaturated/α-hetero) is 1. The van der Waals surface area contributed by atoms with Gasteiger partial charge < -0.3 is 24.3 Å². The highest BCUT2D eigenvalue weighted by Gasteiger charge is 2.48. The molecule has 300 valence electrons. The Morgan fingerprint density at radius 1 is 0.750 bits per heavy atom. The first-order valence-corrected chi connectivity index (χ1v) is 21.0. The van der Waals surface area contributed by atoms with Gasteiger partial charge in [-0.15, -0.1) is 13.2 Å². The van der Waals surface area contributed by atoms with E-state index in [1.54, 1.807) is 0 Å². The van der Waals surface area contributed by atoms with Crippen molar-refractivity contribution in [3.63, 3.8) is 0 Å². The van der Waals surface area contributed by atoms with Crippen LogP contribution in [0.1, 0.15) is 136 Å². The highest BCUT2D eigenvalue weighted by atomic mass is 31.2. The second-order valence-corrected chi connectivity index (χ2v) is 14.7. The monoisotopic (exact) mass is 757 g/mol. The molecule has 1 rings (SSSR count). The van der Waals surface area contributed by atoms with E-state index in [1.807, 2.05) is 0 Å². The summed E-state index contributed by atoms with van der Waals surface area (Å²) < 4.78 is 52.9. The van der Waals surface area contributed by atoms with Crippen molar-refractivity contribution in [1.82, 2.24) is 5.32 Å². The molecule has 0 aromatic carbocycles. The predicted octanol–water partition coefficient (Wildman–Crippen LogP) is 9.47. The number of ketones is 1. The highest BCUT2D eigenvalue weighted by molar-refractivity contribution is 7.48. The van der Waals surface area contributed by atoms with Crippen molar-refractivity contribution < 1.29 is 51.5 Å². The molecule has 0 radical (unpaired) electrons. The van der Waals surface area contributed by atoms with Crippen molar-refractivity contribution in [2.24, 2.45) is 0 Å². The van der Waals surface area contributed by atoms with Gasteiger partial charge in [-0.1, -0.05) is 135 Å². The molecule has 0 aromatic rings. The van der Waals surface area contributed by atoms with E-state index in [0.29, 0.717) is 12.8 Å². The Balaban J connectivity index is 3.07. The first kappa shape index (κ1) is 47.7. The van der Waals surface area contributed by atoms with Crippen LogP contribution in [0.2, 0.25) is 0 Å². The molecule has 1 amide bonds. The Bertz CT molecular complexity index is 1040. The van der Waals surface area contributed by atoms with Crippen molar-refractivity contribution in [3.05, 3.63) is 38.0 Å². The van der Waals surface area contributed by atoms with Gasteiger partial charge in [-0.2, -0.15) is 0 Å². The Morgan fingerprint density at radius 3 is 1.81 bits per heavy atom. The van der Waals surface area contributed by atoms with Crippen LogP contribution < -0.4 is 5.32 Å². The van der Waals surface area contributed by atoms with Crippen LogP contribution in [-0.4, -0.2) is 75.4 Å². The lowest BCUT2D eigenvalue weighted by atomic mass is 10.0. The summed E-state index contributed by atoms with van der Waals surface area (Å²) >= 11 is 0. The molecule has 12 nitrogen and oxygen atoms in total. The molecule has 1 N–H and O–H groups in total. The molecular formula is C39H68NO11P. The first-order valence-electron chi connectivity index (χ1n) is 19.5. The van der Waals surface area contributed by atoms with Gasteiger partial charge in [-0.3, -0.25) is 23.2 Å². The summed E-state index contributed by atoms with van der Waals surface area (Å²) in [5.41, 5.74) is 0. The fourth-order valence-electron chi connectivity index (χ4n) is 5.72. The van der Waals surface area contributed by atoms with E-state index in [1.165, 1.54) is 76.0 Å². The number of hydrogen-bond donors (Lipinski definition) is 1. The number of hydrogen-bond acceptors (Lipinski definition) is 11. The zero-order chi connectivity index (χ0) is 38.3. The van der Waals surface area contributed by atoms with Crippen LogP contribution in [0.25, 0.3) is 0 Å². The van der Waals surface area contributed by atoms with Crippen molar-refractivity contribution >= 4 is 25.7 Å². The summed E-state index contributed by atoms with van der Waals surface area (Å²) in [6, 6.07) is -1.18. The maximum atomic E-state index is 13.6. The van der Waals surface area contributed by atoms with Gasteiger partial charge in [-0.25, -0.2) is 9.36 Å². The zero-order valence-corrected chi connectivity index (χ0v) is 33.0. The quantitative estimate of drug-likeness (QED) is 0.0220. The molecule has 1 saturated heterocycles. The summed E-state index contributed by atoms with van der Waals surface area (Å²) in [6.45, 7) is 14.7. The van der Waals surface area contributed by atoms with Gasteiger partial charge in [0.1, 0.15) is 24.5 Å². The molecule has 1 aliphatic heterocycles. The number of ether oxygens (including phenoxy) is 4. The van der Waals surface area contributed by atoms with Gasteiger partial charge >= 0.3 is 14.0 Å². The molecule has 0 aliphatic carbocycles. The maximum absolute atomic E-state index is 13.6. The topological polar surface area (TPSA) is 145 Å². The second kappa shape index (κ2) is 31.1. The summed E-state index contributed by atoms with van der Waals surface area (Å²) in [4.78, 5) is 38.7. The van der Waals surface area contributed by atoms with E-state index in [2.05, 4.69) is 38.9 Å². The molecule has 0 aromatic heterocycles. The van der Waals surface area contributed by atoms with Crippen molar-refractivity contribution in [3.8, 4) is 0 Å². The molecule has 0 saturated carbocycles. The number of phosphoric ester groups is 1. The average Bonchev–Trinajstić information content (AvgIpc) is 3.12. The smallest absolute Gasteiger partial charge is 0.430 e. The Labute approximate surface area is 313 Å². The fourth-order valence-corrected chi connectivity index (χ4v) is 6.94. The molecule has 1 unspecified atom stereocenters. The number of amides is 1. The highest BCUT2D eigenvalue weighted by Crippen LogP contribution is 2.51. The molecule has 1 heterocycles. The third-order valence-corrected chi connectivity index (χ3v) is 9.89. The lowest BCUT2D eigenvalue weighted by molar-refractivity contribution is -0.221. The lowest BCUT2D eigenvalue weighted by Crippen LogP contribution is -2.62. The van der Waals surface area contributed by atoms with Gasteiger partial charge in [0.25, 0.3) is 0 Å². The van der Waals surface area contributed by atoms with Crippen LogP contribution >= 0.6 is 7.82 Å². The third kappa shape index (κ3) is 22.7. The number of rotatable bonds is 34. The number of carbonyl (C=O) groups is 3. The molecular weight excluding hydrogens is 689 g/mol. The number of phosphoric acid groups is 1. The Morgan fingerprint density at radius 2 is 1.27 bits per heavy atom. The minimum atomic E-state index is -4.29. The van der Waals surface area contributed by atoms with Crippen LogP contribution in [0.15, 0.2) is 38.0 Å². The Kier molecular flexibility index (Phi) is 28.5. The van der Waals surface area contributed by atoms with Crippen molar-refractivity contribution in [1.29, 1.82) is 0 Å². The van der Waals surface area contributed by atoms with Crippen LogP contribution in [-0.2, 0) is 46.7 Å². The first-order chi connectivity index (χ1) is 25.2. The van der Waals surface area contributed by atoms with Crippen LogP contribution in [0.3, 0.4) is 0 Å². The van der Waals surface area contributed by atoms with Crippen LogP contribution in [0.4, 0.5) is 4.79 Å². The summed E-state index contributed by atoms with van der Waals surface area (Å²) in [6.07, 6.45) is 18.2. The van der Waals surface area contributed by atoms with Crippen molar-refractivity contribution in [2.45, 2.75) is 160 Å². The van der Waals surface area contributed by atoms with E-state index < -0.39 is 44.4 Å². The van der Waals surface area contributed by atoms with Gasteiger partial charge in [-0.05, 0) is 12.8 Å². The van der Waals surface area contributed by atoms with E-state index in [4.69, 9.17) is 32.5 Å². The molecule has 1 aliphatic rings. The van der Waals surface area contributed by atoms with Gasteiger partial charge in [0, 0.05) is 13.0 Å². The van der Waals surface area contributed by atoms with Crippen LogP contribution in [0, 0.1) is 0 Å². The summed E-state index contributed by atoms with van der Waals surface area (Å²) in [5, 5.41) is 2.79. The number of unbranched alkanes of at least 4 members (excludes halogenated alkanes) is 15. The summed E-state index contributed by atoms with van der Waals surface area (Å²) in [5.74, 6) is -0.811. The molecule has 1 fully saturated rings. The molecule has 52 heavy (non-hydrogen) atoms. The number of nitrogens with one attached hydrogen (secondary N) is 1. The van der Waals surface area contributed by atoms with E-state index >= 15 is 0 Å². The van der Waals surface area contributed by atoms with Gasteiger partial charge in [0.05, 0.1) is 26.2 Å². The molecule has 0 spiro atoms.